The molecule has 2 heterocycles. The van der Waals surface area contributed by atoms with E-state index in [-0.39, 0.29) is 23.8 Å². The Morgan fingerprint density at radius 1 is 1.11 bits per heavy atom. The van der Waals surface area contributed by atoms with Gasteiger partial charge in [0, 0.05) is 25.6 Å². The van der Waals surface area contributed by atoms with Crippen molar-refractivity contribution in [2.24, 2.45) is 11.8 Å². The number of carbonyl (C=O) groups is 2. The van der Waals surface area contributed by atoms with Gasteiger partial charge in [0.2, 0.25) is 11.8 Å². The fourth-order valence-corrected chi connectivity index (χ4v) is 5.44. The number of likely N-dealkylation sites (tertiary alicyclic amines) is 1. The Morgan fingerprint density at radius 3 is 2.59 bits per heavy atom. The van der Waals surface area contributed by atoms with E-state index in [0.29, 0.717) is 24.9 Å². The van der Waals surface area contributed by atoms with Gasteiger partial charge in [-0.25, -0.2) is 0 Å². The molecule has 0 spiro atoms. The van der Waals surface area contributed by atoms with E-state index in [9.17, 15) is 9.59 Å². The van der Waals surface area contributed by atoms with Crippen molar-refractivity contribution in [3.05, 3.63) is 35.4 Å². The topological polar surface area (TPSA) is 40.6 Å². The Hall–Kier alpha value is -1.84. The van der Waals surface area contributed by atoms with Crippen LogP contribution < -0.4 is 0 Å². The van der Waals surface area contributed by atoms with Crippen molar-refractivity contribution in [2.45, 2.75) is 70.9 Å². The average molecular weight is 369 g/mol. The number of benzene rings is 1. The minimum absolute atomic E-state index is 0.126. The molecule has 3 aliphatic rings. The van der Waals surface area contributed by atoms with Crippen molar-refractivity contribution in [1.82, 2.24) is 9.80 Å². The average Bonchev–Trinajstić information content (AvgIpc) is 3.08. The minimum atomic E-state index is -0.161. The molecule has 0 radical (unpaired) electrons. The summed E-state index contributed by atoms with van der Waals surface area (Å²) in [6.07, 6.45) is 7.24. The molecule has 2 unspecified atom stereocenters. The second kappa shape index (κ2) is 7.65. The van der Waals surface area contributed by atoms with E-state index in [2.05, 4.69) is 43.0 Å². The number of fused-ring (bicyclic) bond motifs is 1. The van der Waals surface area contributed by atoms with E-state index in [0.717, 1.165) is 25.8 Å². The third kappa shape index (κ3) is 3.51. The van der Waals surface area contributed by atoms with Gasteiger partial charge in [-0.1, -0.05) is 57.4 Å². The zero-order valence-electron chi connectivity index (χ0n) is 16.7. The van der Waals surface area contributed by atoms with Crippen LogP contribution in [0.5, 0.6) is 0 Å². The largest absolute Gasteiger partial charge is 0.339 e. The molecule has 27 heavy (non-hydrogen) atoms. The van der Waals surface area contributed by atoms with Gasteiger partial charge in [-0.2, -0.15) is 0 Å². The molecule has 146 valence electrons. The Morgan fingerprint density at radius 2 is 1.85 bits per heavy atom. The van der Waals surface area contributed by atoms with Gasteiger partial charge in [-0.05, 0) is 36.3 Å². The molecule has 2 atom stereocenters. The van der Waals surface area contributed by atoms with Gasteiger partial charge in [-0.3, -0.25) is 9.59 Å². The molecule has 1 aliphatic carbocycles. The quantitative estimate of drug-likeness (QED) is 0.810. The molecule has 4 rings (SSSR count). The lowest BCUT2D eigenvalue weighted by Crippen LogP contribution is -2.46. The Kier molecular flexibility index (Phi) is 5.25. The fraction of sp³-hybridized carbons (Fsp3) is 0.652. The van der Waals surface area contributed by atoms with E-state index in [1.165, 1.54) is 30.4 Å². The van der Waals surface area contributed by atoms with Crippen molar-refractivity contribution < 1.29 is 9.59 Å². The molecule has 0 bridgehead atoms. The Labute approximate surface area is 162 Å². The first kappa shape index (κ1) is 18.5. The summed E-state index contributed by atoms with van der Waals surface area (Å²) >= 11 is 0. The van der Waals surface area contributed by atoms with Crippen molar-refractivity contribution in [3.8, 4) is 0 Å². The molecular weight excluding hydrogens is 336 g/mol. The minimum Gasteiger partial charge on any atom is -0.339 e. The van der Waals surface area contributed by atoms with Crippen LogP contribution in [0.4, 0.5) is 0 Å². The monoisotopic (exact) mass is 368 g/mol. The lowest BCUT2D eigenvalue weighted by Gasteiger charge is -2.41. The Bertz CT molecular complexity index is 708. The molecule has 0 N–H and O–H groups in total. The first-order valence-corrected chi connectivity index (χ1v) is 10.7. The summed E-state index contributed by atoms with van der Waals surface area (Å²) < 4.78 is 0. The lowest BCUT2D eigenvalue weighted by molar-refractivity contribution is -0.139. The van der Waals surface area contributed by atoms with Crippen LogP contribution >= 0.6 is 0 Å². The molecule has 1 aromatic rings. The van der Waals surface area contributed by atoms with Crippen molar-refractivity contribution in [2.75, 3.05) is 13.1 Å². The van der Waals surface area contributed by atoms with Gasteiger partial charge in [0.1, 0.15) is 0 Å². The van der Waals surface area contributed by atoms with E-state index in [1.807, 2.05) is 4.90 Å². The van der Waals surface area contributed by atoms with Gasteiger partial charge < -0.3 is 9.80 Å². The van der Waals surface area contributed by atoms with Crippen LogP contribution in [0.3, 0.4) is 0 Å². The summed E-state index contributed by atoms with van der Waals surface area (Å²) in [5, 5.41) is 0. The molecule has 4 heteroatoms. The predicted octanol–water partition coefficient (Wildman–Crippen LogP) is 3.95. The number of hydrogen-bond acceptors (Lipinski definition) is 2. The van der Waals surface area contributed by atoms with Gasteiger partial charge in [0.15, 0.2) is 0 Å². The highest BCUT2D eigenvalue weighted by atomic mass is 16.2. The number of hydrogen-bond donors (Lipinski definition) is 0. The molecule has 2 amide bonds. The van der Waals surface area contributed by atoms with Crippen molar-refractivity contribution >= 4 is 11.8 Å². The highest BCUT2D eigenvalue weighted by molar-refractivity contribution is 5.89. The molecule has 2 aliphatic heterocycles. The molecule has 2 fully saturated rings. The maximum absolute atomic E-state index is 13.4. The number of nitrogens with zero attached hydrogens (tertiary/aromatic N) is 2. The molecule has 1 saturated carbocycles. The van der Waals surface area contributed by atoms with Crippen molar-refractivity contribution in [3.63, 3.8) is 0 Å². The highest BCUT2D eigenvalue weighted by Gasteiger charge is 2.42. The van der Waals surface area contributed by atoms with Crippen LogP contribution in [0.2, 0.25) is 0 Å². The summed E-state index contributed by atoms with van der Waals surface area (Å²) in [6, 6.07) is 9.02. The van der Waals surface area contributed by atoms with E-state index in [1.54, 1.807) is 0 Å². The smallest absolute Gasteiger partial charge is 0.228 e. The zero-order valence-corrected chi connectivity index (χ0v) is 16.7. The van der Waals surface area contributed by atoms with Gasteiger partial charge >= 0.3 is 0 Å². The second-order valence-electron chi connectivity index (χ2n) is 8.91. The Balaban J connectivity index is 1.51. The summed E-state index contributed by atoms with van der Waals surface area (Å²) in [4.78, 5) is 30.2. The van der Waals surface area contributed by atoms with Crippen LogP contribution in [0.15, 0.2) is 24.3 Å². The molecule has 1 saturated heterocycles. The lowest BCUT2D eigenvalue weighted by atomic mass is 9.85. The number of rotatable bonds is 3. The van der Waals surface area contributed by atoms with Gasteiger partial charge in [-0.15, -0.1) is 0 Å². The summed E-state index contributed by atoms with van der Waals surface area (Å²) in [6.45, 7) is 5.79. The van der Waals surface area contributed by atoms with Crippen LogP contribution in [-0.4, -0.2) is 40.7 Å². The highest BCUT2D eigenvalue weighted by Crippen LogP contribution is 2.37. The summed E-state index contributed by atoms with van der Waals surface area (Å²) in [7, 11) is 0. The standard InChI is InChI=1S/C23H32N2O2/c1-16(2)22-20-11-7-6-8-17(20)12-13-24(22)23(27)18-14-21(26)25(15-18)19-9-4-3-5-10-19/h6-8,11,16,18-19,22H,3-5,9-10,12-15H2,1-2H3. The van der Waals surface area contributed by atoms with Crippen molar-refractivity contribution in [1.29, 1.82) is 0 Å². The maximum Gasteiger partial charge on any atom is 0.228 e. The van der Waals surface area contributed by atoms with E-state index >= 15 is 0 Å². The third-order valence-corrected chi connectivity index (χ3v) is 6.77. The fourth-order valence-electron chi connectivity index (χ4n) is 5.44. The third-order valence-electron chi connectivity index (χ3n) is 6.77. The molecule has 0 aromatic heterocycles. The molecule has 4 nitrogen and oxygen atoms in total. The first-order chi connectivity index (χ1) is 13.1. The normalized spacial score (nSPS) is 26.6. The number of carbonyl (C=O) groups excluding carboxylic acids is 2. The van der Waals surface area contributed by atoms with E-state index < -0.39 is 0 Å². The first-order valence-electron chi connectivity index (χ1n) is 10.7. The van der Waals surface area contributed by atoms with E-state index in [4.69, 9.17) is 0 Å². The summed E-state index contributed by atoms with van der Waals surface area (Å²) in [5.41, 5.74) is 2.66. The van der Waals surface area contributed by atoms with Crippen LogP contribution in [-0.2, 0) is 16.0 Å². The van der Waals surface area contributed by atoms with Crippen LogP contribution in [0, 0.1) is 11.8 Å². The maximum atomic E-state index is 13.4. The van der Waals surface area contributed by atoms with Gasteiger partial charge in [0.25, 0.3) is 0 Å². The van der Waals surface area contributed by atoms with Crippen LogP contribution in [0.25, 0.3) is 0 Å². The zero-order chi connectivity index (χ0) is 19.0. The van der Waals surface area contributed by atoms with Gasteiger partial charge in [0.05, 0.1) is 12.0 Å². The summed E-state index contributed by atoms with van der Waals surface area (Å²) in [5.74, 6) is 0.585. The molecule has 1 aromatic carbocycles. The molecular formula is C23H32N2O2. The predicted molar refractivity (Wildman–Crippen MR) is 106 cm³/mol. The van der Waals surface area contributed by atoms with Crippen LogP contribution in [0.1, 0.15) is 69.5 Å². The number of amides is 2. The SMILES string of the molecule is CC(C)C1c2ccccc2CCN1C(=O)C1CC(=O)N(C2CCCCC2)C1. The second-order valence-corrected chi connectivity index (χ2v) is 8.91.